The van der Waals surface area contributed by atoms with E-state index in [4.69, 9.17) is 11.6 Å². The van der Waals surface area contributed by atoms with Crippen molar-refractivity contribution < 1.29 is 0 Å². The minimum atomic E-state index is 0.513. The lowest BCUT2D eigenvalue weighted by atomic mass is 9.79. The number of hydrogen-bond acceptors (Lipinski definition) is 1. The fraction of sp³-hybridized carbons (Fsp3) is 0.647. The van der Waals surface area contributed by atoms with Crippen LogP contribution in [0.15, 0.2) is 24.3 Å². The predicted octanol–water partition coefficient (Wildman–Crippen LogP) is 4.69. The number of halogens is 1. The fourth-order valence-electron chi connectivity index (χ4n) is 3.35. The minimum absolute atomic E-state index is 0.513. The molecule has 0 heterocycles. The van der Waals surface area contributed by atoms with Crippen LogP contribution in [0.5, 0.6) is 0 Å². The van der Waals surface area contributed by atoms with Crippen LogP contribution in [-0.4, -0.2) is 12.1 Å². The van der Waals surface area contributed by atoms with Gasteiger partial charge in [-0.3, -0.25) is 0 Å². The van der Waals surface area contributed by atoms with E-state index < -0.39 is 0 Å². The molecule has 0 spiro atoms. The maximum absolute atomic E-state index is 6.04. The maximum atomic E-state index is 6.04. The van der Waals surface area contributed by atoms with Gasteiger partial charge in [0.05, 0.1) is 0 Å². The Balaban J connectivity index is 1.85. The van der Waals surface area contributed by atoms with Crippen molar-refractivity contribution in [2.45, 2.75) is 58.5 Å². The molecule has 106 valence electrons. The summed E-state index contributed by atoms with van der Waals surface area (Å²) in [4.78, 5) is 0. The normalized spacial score (nSPS) is 29.2. The summed E-state index contributed by atoms with van der Waals surface area (Å²) in [5, 5.41) is 4.65. The van der Waals surface area contributed by atoms with Crippen LogP contribution in [0.25, 0.3) is 0 Å². The number of hydrogen-bond donors (Lipinski definition) is 1. The molecule has 1 N–H and O–H groups in total. The first-order chi connectivity index (χ1) is 9.04. The zero-order valence-electron chi connectivity index (χ0n) is 12.3. The Morgan fingerprint density at radius 1 is 1.32 bits per heavy atom. The Bertz CT molecular complexity index is 404. The van der Waals surface area contributed by atoms with Crippen molar-refractivity contribution in [2.75, 3.05) is 0 Å². The van der Waals surface area contributed by atoms with Crippen molar-refractivity contribution in [1.82, 2.24) is 5.32 Å². The molecule has 0 aromatic heterocycles. The highest BCUT2D eigenvalue weighted by molar-refractivity contribution is 6.30. The third kappa shape index (κ3) is 4.50. The summed E-state index contributed by atoms with van der Waals surface area (Å²) in [5.74, 6) is 1.70. The average Bonchev–Trinajstić information content (AvgIpc) is 2.33. The average molecular weight is 280 g/mol. The Labute approximate surface area is 122 Å². The van der Waals surface area contributed by atoms with Gasteiger partial charge in [0, 0.05) is 17.1 Å². The summed E-state index contributed by atoms with van der Waals surface area (Å²) < 4.78 is 0. The molecule has 0 saturated heterocycles. The molecule has 1 nitrogen and oxygen atoms in total. The van der Waals surface area contributed by atoms with Crippen molar-refractivity contribution in [1.29, 1.82) is 0 Å². The van der Waals surface area contributed by atoms with E-state index in [1.807, 2.05) is 12.1 Å². The van der Waals surface area contributed by atoms with E-state index in [2.05, 4.69) is 38.2 Å². The van der Waals surface area contributed by atoms with E-state index in [1.165, 1.54) is 24.8 Å². The van der Waals surface area contributed by atoms with Crippen LogP contribution < -0.4 is 5.32 Å². The third-order valence-corrected chi connectivity index (χ3v) is 4.60. The van der Waals surface area contributed by atoms with Crippen molar-refractivity contribution in [3.63, 3.8) is 0 Å². The summed E-state index contributed by atoms with van der Waals surface area (Å²) in [7, 11) is 0. The molecular weight excluding hydrogens is 254 g/mol. The molecule has 2 rings (SSSR count). The van der Waals surface area contributed by atoms with Crippen molar-refractivity contribution in [3.8, 4) is 0 Å². The Hall–Kier alpha value is -0.530. The molecule has 4 atom stereocenters. The lowest BCUT2D eigenvalue weighted by Gasteiger charge is -2.35. The van der Waals surface area contributed by atoms with Crippen molar-refractivity contribution >= 4 is 11.6 Å². The molecule has 0 aliphatic heterocycles. The second-order valence-electron chi connectivity index (χ2n) is 6.40. The zero-order valence-corrected chi connectivity index (χ0v) is 13.1. The third-order valence-electron chi connectivity index (χ3n) is 4.36. The molecule has 1 aromatic carbocycles. The molecule has 4 unspecified atom stereocenters. The van der Waals surface area contributed by atoms with Crippen LogP contribution >= 0.6 is 11.6 Å². The molecule has 0 bridgehead atoms. The van der Waals surface area contributed by atoms with Crippen LogP contribution in [0, 0.1) is 11.8 Å². The molecule has 1 aliphatic rings. The second-order valence-corrected chi connectivity index (χ2v) is 6.84. The quantitative estimate of drug-likeness (QED) is 0.843. The van der Waals surface area contributed by atoms with Crippen molar-refractivity contribution in [3.05, 3.63) is 34.9 Å². The first-order valence-corrected chi connectivity index (χ1v) is 7.93. The smallest absolute Gasteiger partial charge is 0.0408 e. The van der Waals surface area contributed by atoms with Gasteiger partial charge in [-0.2, -0.15) is 0 Å². The Morgan fingerprint density at radius 2 is 2.11 bits per heavy atom. The summed E-state index contributed by atoms with van der Waals surface area (Å²) in [6.07, 6.45) is 5.11. The first kappa shape index (κ1) is 14.9. The molecule has 0 radical (unpaired) electrons. The molecular formula is C17H26ClN. The second kappa shape index (κ2) is 6.76. The van der Waals surface area contributed by atoms with E-state index in [-0.39, 0.29) is 0 Å². The molecule has 1 saturated carbocycles. The van der Waals surface area contributed by atoms with Crippen LogP contribution in [0.2, 0.25) is 5.02 Å². The minimum Gasteiger partial charge on any atom is -0.311 e. The van der Waals surface area contributed by atoms with Crippen LogP contribution in [0.1, 0.15) is 45.6 Å². The van der Waals surface area contributed by atoms with Gasteiger partial charge in [-0.1, -0.05) is 37.6 Å². The lowest BCUT2D eigenvalue weighted by molar-refractivity contribution is 0.215. The van der Waals surface area contributed by atoms with Crippen LogP contribution in [0.3, 0.4) is 0 Å². The molecule has 1 fully saturated rings. The highest BCUT2D eigenvalue weighted by Crippen LogP contribution is 2.29. The molecule has 2 heteroatoms. The highest BCUT2D eigenvalue weighted by atomic mass is 35.5. The fourth-order valence-corrected chi connectivity index (χ4v) is 3.57. The van der Waals surface area contributed by atoms with Gasteiger partial charge in [-0.05, 0) is 62.1 Å². The molecule has 0 amide bonds. The van der Waals surface area contributed by atoms with Gasteiger partial charge < -0.3 is 5.32 Å². The van der Waals surface area contributed by atoms with Crippen LogP contribution in [-0.2, 0) is 6.42 Å². The summed E-state index contributed by atoms with van der Waals surface area (Å²) >= 11 is 6.04. The monoisotopic (exact) mass is 279 g/mol. The zero-order chi connectivity index (χ0) is 13.8. The summed E-state index contributed by atoms with van der Waals surface area (Å²) in [6.45, 7) is 7.05. The van der Waals surface area contributed by atoms with Gasteiger partial charge in [-0.15, -0.1) is 0 Å². The van der Waals surface area contributed by atoms with Gasteiger partial charge in [0.15, 0.2) is 0 Å². The van der Waals surface area contributed by atoms with E-state index in [0.29, 0.717) is 12.1 Å². The topological polar surface area (TPSA) is 12.0 Å². The Kier molecular flexibility index (Phi) is 5.29. The number of nitrogens with one attached hydrogen (secondary N) is 1. The first-order valence-electron chi connectivity index (χ1n) is 7.55. The molecule has 1 aliphatic carbocycles. The van der Waals surface area contributed by atoms with Crippen LogP contribution in [0.4, 0.5) is 0 Å². The van der Waals surface area contributed by atoms with Crippen molar-refractivity contribution in [2.24, 2.45) is 11.8 Å². The van der Waals surface area contributed by atoms with Gasteiger partial charge in [-0.25, -0.2) is 0 Å². The van der Waals surface area contributed by atoms with Gasteiger partial charge in [0.25, 0.3) is 0 Å². The number of rotatable bonds is 4. The maximum Gasteiger partial charge on any atom is 0.0408 e. The van der Waals surface area contributed by atoms with E-state index >= 15 is 0 Å². The van der Waals surface area contributed by atoms with Gasteiger partial charge >= 0.3 is 0 Å². The number of benzene rings is 1. The summed E-state index contributed by atoms with van der Waals surface area (Å²) in [5.41, 5.74) is 1.32. The Morgan fingerprint density at radius 3 is 2.79 bits per heavy atom. The SMILES string of the molecule is CC1CCC(NC(C)Cc2cccc(Cl)c2)C(C)C1. The van der Waals surface area contributed by atoms with Gasteiger partial charge in [0.1, 0.15) is 0 Å². The standard InChI is InChI=1S/C17H26ClN/c1-12-7-8-17(13(2)9-12)19-14(3)10-15-5-4-6-16(18)11-15/h4-6,11-14,17,19H,7-10H2,1-3H3. The molecule has 1 aromatic rings. The molecule has 19 heavy (non-hydrogen) atoms. The van der Waals surface area contributed by atoms with E-state index in [1.54, 1.807) is 0 Å². The highest BCUT2D eigenvalue weighted by Gasteiger charge is 2.25. The van der Waals surface area contributed by atoms with Gasteiger partial charge in [0.2, 0.25) is 0 Å². The van der Waals surface area contributed by atoms with E-state index in [0.717, 1.165) is 23.3 Å². The largest absolute Gasteiger partial charge is 0.311 e. The van der Waals surface area contributed by atoms with E-state index in [9.17, 15) is 0 Å². The summed E-state index contributed by atoms with van der Waals surface area (Å²) in [6, 6.07) is 9.41. The predicted molar refractivity (Wildman–Crippen MR) is 83.7 cm³/mol. The lowest BCUT2D eigenvalue weighted by Crippen LogP contribution is -2.44.